The van der Waals surface area contributed by atoms with Crippen molar-refractivity contribution in [1.82, 2.24) is 24.7 Å². The molecule has 5 rings (SSSR count). The molecule has 1 unspecified atom stereocenters. The van der Waals surface area contributed by atoms with Crippen molar-refractivity contribution in [3.8, 4) is 5.75 Å². The minimum absolute atomic E-state index is 0.113. The highest BCUT2D eigenvalue weighted by atomic mass is 16.3. The van der Waals surface area contributed by atoms with Crippen LogP contribution in [0.5, 0.6) is 5.75 Å². The monoisotopic (exact) mass is 378 g/mol. The Balaban J connectivity index is 1.71. The number of imidazole rings is 1. The van der Waals surface area contributed by atoms with Gasteiger partial charge in [0.15, 0.2) is 5.65 Å². The van der Waals surface area contributed by atoms with E-state index in [2.05, 4.69) is 15.3 Å². The number of hydrogen-bond acceptors (Lipinski definition) is 5. The number of phenols is 1. The maximum absolute atomic E-state index is 12.3. The van der Waals surface area contributed by atoms with Crippen LogP contribution < -0.4 is 11.1 Å². The van der Waals surface area contributed by atoms with Crippen molar-refractivity contribution in [2.24, 2.45) is 5.73 Å². The number of aromatic hydroxyl groups is 1. The Labute approximate surface area is 160 Å². The van der Waals surface area contributed by atoms with Crippen LogP contribution in [0.25, 0.3) is 27.8 Å². The quantitative estimate of drug-likeness (QED) is 0.434. The second-order valence-corrected chi connectivity index (χ2v) is 7.54. The fourth-order valence-electron chi connectivity index (χ4n) is 4.31. The number of nitrogens with two attached hydrogens (primary N) is 1. The highest BCUT2D eigenvalue weighted by Crippen LogP contribution is 2.33. The van der Waals surface area contributed by atoms with Gasteiger partial charge in [0.1, 0.15) is 28.0 Å². The first kappa shape index (κ1) is 17.0. The Bertz CT molecular complexity index is 1230. The van der Waals surface area contributed by atoms with Crippen LogP contribution in [-0.2, 0) is 6.42 Å². The van der Waals surface area contributed by atoms with E-state index in [0.717, 1.165) is 36.2 Å². The van der Waals surface area contributed by atoms with Crippen LogP contribution in [0.15, 0.2) is 18.3 Å². The summed E-state index contributed by atoms with van der Waals surface area (Å²) in [5.74, 6) is -0.457. The van der Waals surface area contributed by atoms with Crippen LogP contribution in [0.4, 0.5) is 0 Å². The molecule has 28 heavy (non-hydrogen) atoms. The van der Waals surface area contributed by atoms with Gasteiger partial charge in [0.05, 0.1) is 17.4 Å². The van der Waals surface area contributed by atoms with Gasteiger partial charge in [0.2, 0.25) is 0 Å². The van der Waals surface area contributed by atoms with Gasteiger partial charge in [-0.1, -0.05) is 6.07 Å². The average Bonchev–Trinajstić information content (AvgIpc) is 3.37. The van der Waals surface area contributed by atoms with Gasteiger partial charge in [-0.2, -0.15) is 0 Å². The molecule has 3 aromatic heterocycles. The summed E-state index contributed by atoms with van der Waals surface area (Å²) in [6, 6.07) is 3.98. The normalized spacial score (nSPS) is 17.2. The zero-order valence-electron chi connectivity index (χ0n) is 15.6. The van der Waals surface area contributed by atoms with Gasteiger partial charge in [-0.15, -0.1) is 0 Å². The van der Waals surface area contributed by atoms with E-state index >= 15 is 0 Å². The highest BCUT2D eigenvalue weighted by Gasteiger charge is 2.24. The lowest BCUT2D eigenvalue weighted by atomic mass is 10.1. The van der Waals surface area contributed by atoms with E-state index in [9.17, 15) is 9.90 Å². The molecule has 0 bridgehead atoms. The predicted octanol–water partition coefficient (Wildman–Crippen LogP) is 2.16. The molecule has 1 amide bonds. The number of phenolic OH excluding ortho intramolecular Hbond substituents is 1. The number of H-pyrrole nitrogens is 1. The van der Waals surface area contributed by atoms with E-state index in [1.165, 1.54) is 12.8 Å². The molecule has 8 nitrogen and oxygen atoms in total. The molecule has 4 heterocycles. The maximum atomic E-state index is 12.3. The number of aromatic nitrogens is 4. The van der Waals surface area contributed by atoms with E-state index in [4.69, 9.17) is 10.7 Å². The van der Waals surface area contributed by atoms with Crippen LogP contribution in [0, 0.1) is 6.92 Å². The highest BCUT2D eigenvalue weighted by molar-refractivity contribution is 6.12. The summed E-state index contributed by atoms with van der Waals surface area (Å²) in [5.41, 5.74) is 10.7. The lowest BCUT2D eigenvalue weighted by molar-refractivity contribution is 0.100. The summed E-state index contributed by atoms with van der Waals surface area (Å²) < 4.78 is 1.83. The number of fused-ring (bicyclic) bond motifs is 5. The molecule has 1 saturated heterocycles. The summed E-state index contributed by atoms with van der Waals surface area (Å²) in [7, 11) is 0. The summed E-state index contributed by atoms with van der Waals surface area (Å²) in [6.07, 6.45) is 5.96. The molecular weight excluding hydrogens is 356 g/mol. The lowest BCUT2D eigenvalue weighted by Crippen LogP contribution is -2.21. The topological polar surface area (TPSA) is 121 Å². The number of aryl methyl sites for hydroxylation is 2. The van der Waals surface area contributed by atoms with Crippen LogP contribution in [0.1, 0.15) is 40.9 Å². The summed E-state index contributed by atoms with van der Waals surface area (Å²) in [6.45, 7) is 3.02. The molecule has 1 atom stereocenters. The zero-order chi connectivity index (χ0) is 19.4. The van der Waals surface area contributed by atoms with Crippen LogP contribution in [-0.4, -0.2) is 43.0 Å². The fraction of sp³-hybridized carbons (Fsp3) is 0.350. The van der Waals surface area contributed by atoms with Gasteiger partial charge in [-0.3, -0.25) is 9.20 Å². The van der Waals surface area contributed by atoms with E-state index in [-0.39, 0.29) is 5.75 Å². The Morgan fingerprint density at radius 1 is 1.43 bits per heavy atom. The zero-order valence-corrected chi connectivity index (χ0v) is 15.6. The van der Waals surface area contributed by atoms with Crippen molar-refractivity contribution in [3.05, 3.63) is 35.2 Å². The minimum atomic E-state index is -0.569. The number of nitrogens with zero attached hydrogens (tertiary/aromatic N) is 3. The molecule has 1 fully saturated rings. The number of amides is 1. The third kappa shape index (κ3) is 2.45. The van der Waals surface area contributed by atoms with Crippen molar-refractivity contribution < 1.29 is 9.90 Å². The molecule has 1 aliphatic heterocycles. The molecule has 0 radical (unpaired) electrons. The SMILES string of the molecule is Cc1ccc(O)c2[nH]c3c(C(N)=O)c4nc(CCC5CCCN5)cnc4n3c12. The van der Waals surface area contributed by atoms with E-state index < -0.39 is 5.91 Å². The number of benzene rings is 1. The van der Waals surface area contributed by atoms with Crippen molar-refractivity contribution in [2.75, 3.05) is 6.54 Å². The average molecular weight is 378 g/mol. The second-order valence-electron chi connectivity index (χ2n) is 7.54. The molecule has 4 aromatic rings. The molecule has 1 aromatic carbocycles. The van der Waals surface area contributed by atoms with E-state index in [1.807, 2.05) is 17.4 Å². The molecule has 8 heteroatoms. The standard InChI is InChI=1S/C20H22N6O2/c1-10-4-7-13(27)15-17(10)26-19(25-15)14(18(21)28)16-20(26)23-9-12(24-16)6-5-11-3-2-8-22-11/h4,7,9,11,22,25,27H,2-3,5-6,8H2,1H3,(H2,21,28). The second kappa shape index (κ2) is 6.20. The van der Waals surface area contributed by atoms with Crippen LogP contribution in [0.3, 0.4) is 0 Å². The Kier molecular flexibility index (Phi) is 3.77. The Morgan fingerprint density at radius 3 is 3.04 bits per heavy atom. The van der Waals surface area contributed by atoms with Crippen LogP contribution in [0.2, 0.25) is 0 Å². The van der Waals surface area contributed by atoms with Crippen molar-refractivity contribution in [3.63, 3.8) is 0 Å². The Hall–Kier alpha value is -3.13. The summed E-state index contributed by atoms with van der Waals surface area (Å²) in [5, 5.41) is 13.7. The first-order chi connectivity index (χ1) is 13.5. The number of carbonyl (C=O) groups excluding carboxylic acids is 1. The summed E-state index contributed by atoms with van der Waals surface area (Å²) in [4.78, 5) is 24.8. The first-order valence-electron chi connectivity index (χ1n) is 9.58. The molecule has 144 valence electrons. The third-order valence-electron chi connectivity index (χ3n) is 5.69. The molecule has 0 aliphatic carbocycles. The molecule has 1 aliphatic rings. The van der Waals surface area contributed by atoms with E-state index in [1.54, 1.807) is 12.3 Å². The number of hydrogen-bond donors (Lipinski definition) is 4. The smallest absolute Gasteiger partial charge is 0.254 e. The lowest BCUT2D eigenvalue weighted by Gasteiger charge is -2.09. The minimum Gasteiger partial charge on any atom is -0.506 e. The van der Waals surface area contributed by atoms with Crippen molar-refractivity contribution >= 4 is 33.8 Å². The van der Waals surface area contributed by atoms with Gasteiger partial charge in [0, 0.05) is 6.04 Å². The maximum Gasteiger partial charge on any atom is 0.254 e. The number of aromatic amines is 1. The fourth-order valence-corrected chi connectivity index (χ4v) is 4.31. The van der Waals surface area contributed by atoms with E-state index in [0.29, 0.717) is 33.9 Å². The van der Waals surface area contributed by atoms with Crippen LogP contribution >= 0.6 is 0 Å². The number of primary amides is 1. The van der Waals surface area contributed by atoms with Crippen molar-refractivity contribution in [2.45, 2.75) is 38.6 Å². The van der Waals surface area contributed by atoms with Gasteiger partial charge in [-0.05, 0) is 50.8 Å². The molecule has 0 saturated carbocycles. The molecule has 0 spiro atoms. The summed E-state index contributed by atoms with van der Waals surface area (Å²) >= 11 is 0. The van der Waals surface area contributed by atoms with Gasteiger partial charge < -0.3 is 21.1 Å². The number of rotatable bonds is 4. The first-order valence-corrected chi connectivity index (χ1v) is 9.58. The predicted molar refractivity (Wildman–Crippen MR) is 107 cm³/mol. The van der Waals surface area contributed by atoms with Gasteiger partial charge >= 0.3 is 0 Å². The van der Waals surface area contributed by atoms with Crippen molar-refractivity contribution in [1.29, 1.82) is 0 Å². The molecule has 5 N–H and O–H groups in total. The largest absolute Gasteiger partial charge is 0.506 e. The Morgan fingerprint density at radius 2 is 2.29 bits per heavy atom. The molecular formula is C20H22N6O2. The van der Waals surface area contributed by atoms with Gasteiger partial charge in [0.25, 0.3) is 5.91 Å². The number of nitrogens with one attached hydrogen (secondary N) is 2. The van der Waals surface area contributed by atoms with Gasteiger partial charge in [-0.25, -0.2) is 9.97 Å². The number of carbonyl (C=O) groups is 1. The third-order valence-corrected chi connectivity index (χ3v) is 5.69.